The molecule has 3 unspecified atom stereocenters. The molecule has 1 spiro atoms. The number of amides is 1. The van der Waals surface area contributed by atoms with Gasteiger partial charge in [-0.1, -0.05) is 0 Å². The second-order valence-corrected chi connectivity index (χ2v) is 19.5. The summed E-state index contributed by atoms with van der Waals surface area (Å²) in [5.74, 6) is -8.53. The number of hydrogen-bond donors (Lipinski definition) is 0. The first-order valence-electron chi connectivity index (χ1n) is 12.2. The van der Waals surface area contributed by atoms with Crippen molar-refractivity contribution in [2.24, 2.45) is 0 Å². The molecule has 2 aromatic carbocycles. The van der Waals surface area contributed by atoms with E-state index in [0.717, 1.165) is 16.8 Å². The van der Waals surface area contributed by atoms with E-state index in [1.807, 2.05) is 0 Å². The van der Waals surface area contributed by atoms with E-state index in [-0.39, 0.29) is 28.2 Å². The Bertz CT molecular complexity index is 1320. The second-order valence-electron chi connectivity index (χ2n) is 9.54. The molecular formula is C24H24Cl2F9N2O3P2+. The van der Waals surface area contributed by atoms with Crippen molar-refractivity contribution in [3.8, 4) is 0 Å². The van der Waals surface area contributed by atoms with E-state index in [4.69, 9.17) is 32.2 Å². The Kier molecular flexibility index (Phi) is 9.18. The van der Waals surface area contributed by atoms with Crippen molar-refractivity contribution in [1.29, 1.82) is 0 Å². The zero-order valence-corrected chi connectivity index (χ0v) is 24.9. The van der Waals surface area contributed by atoms with Crippen LogP contribution in [0.1, 0.15) is 15.9 Å². The Morgan fingerprint density at radius 1 is 0.905 bits per heavy atom. The molecule has 0 N–H and O–H groups in total. The molecule has 3 atom stereocenters. The number of nitrogens with zero attached hydrogens (tertiary/aromatic N) is 2. The maximum atomic E-state index is 15.1. The van der Waals surface area contributed by atoms with Crippen molar-refractivity contribution in [1.82, 2.24) is 9.34 Å². The third kappa shape index (κ3) is 5.18. The zero-order chi connectivity index (χ0) is 31.3. The average molecular weight is 692 g/mol. The van der Waals surface area contributed by atoms with Gasteiger partial charge >= 0.3 is 246 Å². The summed E-state index contributed by atoms with van der Waals surface area (Å²) in [5.41, 5.74) is 0.0890. The van der Waals surface area contributed by atoms with Gasteiger partial charge in [0.2, 0.25) is 0 Å². The maximum absolute atomic E-state index is 15.1. The van der Waals surface area contributed by atoms with Crippen molar-refractivity contribution >= 4 is 49.1 Å². The molecule has 2 aliphatic heterocycles. The van der Waals surface area contributed by atoms with Gasteiger partial charge in [0, 0.05) is 0 Å². The van der Waals surface area contributed by atoms with Crippen LogP contribution in [0.4, 0.5) is 39.5 Å². The molecule has 4 rings (SSSR count). The van der Waals surface area contributed by atoms with E-state index >= 15 is 8.78 Å². The van der Waals surface area contributed by atoms with E-state index in [2.05, 4.69) is 0 Å². The molecule has 0 radical (unpaired) electrons. The topological polar surface area (TPSA) is 42.0 Å². The molecule has 0 aromatic heterocycles. The molecule has 2 heterocycles. The number of carbonyl (C=O) groups is 1. The first-order chi connectivity index (χ1) is 19.4. The fourth-order valence-corrected chi connectivity index (χ4v) is 19.1. The molecule has 0 aliphatic carbocycles. The van der Waals surface area contributed by atoms with Crippen LogP contribution in [0.2, 0.25) is 0 Å². The van der Waals surface area contributed by atoms with Crippen LogP contribution in [0.5, 0.6) is 0 Å². The molecule has 5 nitrogen and oxygen atoms in total. The normalized spacial score (nSPS) is 25.0. The second kappa shape index (κ2) is 11.5. The standard InChI is InChI=1S/C24H23Cl2F9N2O3P2/c1-41-18-5-3-2-4-17(18)21(38)37(14-15-6-8-16(27)9-7-15)42(41,36(12-10-25)13-11-26)39-19(20(40-42)23(30,31)32)22(28,29)24(33,34)35/h2-9,19-20H,10-14H2,1H3/p+1. The molecule has 0 saturated carbocycles. The number of halogens is 11. The number of rotatable bonds is 8. The summed E-state index contributed by atoms with van der Waals surface area (Å²) in [4.78, 5) is 14.2. The van der Waals surface area contributed by atoms with Gasteiger partial charge in [-0.25, -0.2) is 0 Å². The summed E-state index contributed by atoms with van der Waals surface area (Å²) >= 11 is 12.0. The SMILES string of the molecule is C[PH+]1c2ccccc2C(=O)N(Cc2ccc(F)cc2)P12(N(CCCl)CCCl)OC(C(F)(F)F)C(C(F)(F)C(F)(F)F)O2. The van der Waals surface area contributed by atoms with Crippen LogP contribution in [-0.2, 0) is 15.6 Å². The van der Waals surface area contributed by atoms with E-state index in [0.29, 0.717) is 4.67 Å². The Hall–Kier alpha value is -1.40. The van der Waals surface area contributed by atoms with Gasteiger partial charge in [-0.05, 0) is 0 Å². The monoisotopic (exact) mass is 691 g/mol. The molecule has 42 heavy (non-hydrogen) atoms. The predicted octanol–water partition coefficient (Wildman–Crippen LogP) is 7.40. The first kappa shape index (κ1) is 33.5. The summed E-state index contributed by atoms with van der Waals surface area (Å²) in [7, 11) is -8.99. The fraction of sp³-hybridized carbons (Fsp3) is 0.458. The minimum atomic E-state index is -6.48. The van der Waals surface area contributed by atoms with Crippen LogP contribution in [-0.4, -0.2) is 77.2 Å². The van der Waals surface area contributed by atoms with E-state index < -0.39 is 76.5 Å². The van der Waals surface area contributed by atoms with Crippen LogP contribution in [0.25, 0.3) is 0 Å². The van der Waals surface area contributed by atoms with Crippen molar-refractivity contribution in [2.75, 3.05) is 31.5 Å². The summed E-state index contributed by atoms with van der Waals surface area (Å²) in [6.45, 7) is -0.234. The molecule has 1 fully saturated rings. The van der Waals surface area contributed by atoms with Crippen LogP contribution >= 0.6 is 37.9 Å². The van der Waals surface area contributed by atoms with Gasteiger partial charge in [0.25, 0.3) is 0 Å². The van der Waals surface area contributed by atoms with Gasteiger partial charge in [0.1, 0.15) is 0 Å². The van der Waals surface area contributed by atoms with E-state index in [1.165, 1.54) is 43.1 Å². The number of alkyl halides is 10. The van der Waals surface area contributed by atoms with Crippen molar-refractivity contribution in [3.05, 3.63) is 65.5 Å². The van der Waals surface area contributed by atoms with Gasteiger partial charge in [-0.15, -0.1) is 0 Å². The number of fused-ring (bicyclic) bond motifs is 1. The molecule has 18 heteroatoms. The Balaban J connectivity index is 2.13. The van der Waals surface area contributed by atoms with Gasteiger partial charge in [0.05, 0.1) is 0 Å². The van der Waals surface area contributed by atoms with Crippen LogP contribution < -0.4 is 5.30 Å². The molecule has 2 aromatic rings. The summed E-state index contributed by atoms with van der Waals surface area (Å²) < 4.78 is 141. The molecule has 1 amide bonds. The molecule has 234 valence electrons. The summed E-state index contributed by atoms with van der Waals surface area (Å²) in [6.07, 6.45) is -20.0. The molecular weight excluding hydrogens is 668 g/mol. The Labute approximate surface area is 245 Å². The van der Waals surface area contributed by atoms with Crippen molar-refractivity contribution < 1.29 is 53.4 Å². The van der Waals surface area contributed by atoms with E-state index in [1.54, 1.807) is 0 Å². The molecule has 2 aliphatic rings. The van der Waals surface area contributed by atoms with Crippen LogP contribution in [0.3, 0.4) is 0 Å². The summed E-state index contributed by atoms with van der Waals surface area (Å²) in [5, 5.41) is 0.103. The Morgan fingerprint density at radius 3 is 1.98 bits per heavy atom. The third-order valence-corrected chi connectivity index (χ3v) is 20.0. The van der Waals surface area contributed by atoms with E-state index in [9.17, 15) is 35.5 Å². The van der Waals surface area contributed by atoms with Gasteiger partial charge in [0.15, 0.2) is 0 Å². The molecule has 0 bridgehead atoms. The van der Waals surface area contributed by atoms with Gasteiger partial charge in [-0.3, -0.25) is 0 Å². The van der Waals surface area contributed by atoms with Crippen molar-refractivity contribution in [3.63, 3.8) is 0 Å². The third-order valence-electron chi connectivity index (χ3n) is 7.15. The fourth-order valence-electron chi connectivity index (χ4n) is 5.25. The summed E-state index contributed by atoms with van der Waals surface area (Å²) in [6, 6.07) is 9.96. The number of carbonyl (C=O) groups excluding carboxylic acids is 1. The predicted molar refractivity (Wildman–Crippen MR) is 143 cm³/mol. The number of benzene rings is 2. The van der Waals surface area contributed by atoms with Crippen molar-refractivity contribution in [2.45, 2.75) is 37.0 Å². The van der Waals surface area contributed by atoms with Crippen LogP contribution in [0.15, 0.2) is 48.5 Å². The van der Waals surface area contributed by atoms with Gasteiger partial charge in [-0.2, -0.15) is 0 Å². The zero-order valence-electron chi connectivity index (χ0n) is 21.5. The first-order valence-corrected chi connectivity index (χ1v) is 18.1. The minimum absolute atomic E-state index is 0.0234. The quantitative estimate of drug-likeness (QED) is 0.164. The van der Waals surface area contributed by atoms with Crippen LogP contribution in [0, 0.1) is 5.82 Å². The molecule has 1 saturated heterocycles. The number of hydrogen-bond acceptors (Lipinski definition) is 4. The average Bonchev–Trinajstić information content (AvgIpc) is 3.31. The Morgan fingerprint density at radius 2 is 1.45 bits per heavy atom. The van der Waals surface area contributed by atoms with Gasteiger partial charge < -0.3 is 0 Å².